The third kappa shape index (κ3) is 1.70. The van der Waals surface area contributed by atoms with Crippen LogP contribution in [0.2, 0.25) is 0 Å². The molecule has 2 heterocycles. The van der Waals surface area contributed by atoms with Crippen molar-refractivity contribution < 1.29 is 4.79 Å². The second kappa shape index (κ2) is 3.91. The summed E-state index contributed by atoms with van der Waals surface area (Å²) in [6.07, 6.45) is 3.37. The van der Waals surface area contributed by atoms with Crippen molar-refractivity contribution in [3.05, 3.63) is 4.88 Å². The number of hydrogen-bond acceptors (Lipinski definition) is 5. The number of aromatic nitrogens is 2. The molecule has 0 unspecified atom stereocenters. The van der Waals surface area contributed by atoms with E-state index in [2.05, 4.69) is 9.59 Å². The molecule has 1 aliphatic rings. The fraction of sp³-hybridized carbons (Fsp3) is 0.625. The summed E-state index contributed by atoms with van der Waals surface area (Å²) in [7, 11) is 0. The minimum Gasteiger partial charge on any atom is -0.381 e. The van der Waals surface area contributed by atoms with Gasteiger partial charge in [0.15, 0.2) is 10.7 Å². The Bertz CT molecular complexity index is 332. The topological polar surface area (TPSA) is 72.1 Å². The van der Waals surface area contributed by atoms with Crippen LogP contribution < -0.4 is 5.73 Å². The molecule has 0 atom stereocenters. The van der Waals surface area contributed by atoms with Crippen molar-refractivity contribution in [3.8, 4) is 0 Å². The smallest absolute Gasteiger partial charge is 0.269 e. The maximum absolute atomic E-state index is 11.9. The van der Waals surface area contributed by atoms with Gasteiger partial charge >= 0.3 is 0 Å². The summed E-state index contributed by atoms with van der Waals surface area (Å²) in [5.41, 5.74) is 5.54. The first-order chi connectivity index (χ1) is 6.79. The Kier molecular flexibility index (Phi) is 2.62. The zero-order chi connectivity index (χ0) is 9.97. The standard InChI is InChI=1S/C8H12N4OS/c9-7-6(14-11-10-7)8(13)12-4-2-1-3-5-12/h1-5,9H2. The number of carbonyl (C=O) groups excluding carboxylic acids is 1. The lowest BCUT2D eigenvalue weighted by molar-refractivity contribution is 0.0730. The predicted octanol–water partition coefficient (Wildman–Crippen LogP) is 0.746. The molecule has 1 aromatic rings. The number of hydrogen-bond donors (Lipinski definition) is 1. The second-order valence-electron chi connectivity index (χ2n) is 3.34. The largest absolute Gasteiger partial charge is 0.381 e. The molecule has 14 heavy (non-hydrogen) atoms. The molecule has 0 bridgehead atoms. The third-order valence-corrected chi connectivity index (χ3v) is 3.08. The van der Waals surface area contributed by atoms with Gasteiger partial charge in [0.1, 0.15) is 0 Å². The van der Waals surface area contributed by atoms with Crippen LogP contribution in [-0.4, -0.2) is 33.5 Å². The van der Waals surface area contributed by atoms with Crippen molar-refractivity contribution in [1.82, 2.24) is 14.5 Å². The molecule has 1 aromatic heterocycles. The van der Waals surface area contributed by atoms with Gasteiger partial charge < -0.3 is 10.6 Å². The SMILES string of the molecule is Nc1nnsc1C(=O)N1CCCCC1. The summed E-state index contributed by atoms with van der Waals surface area (Å²) < 4.78 is 3.66. The van der Waals surface area contributed by atoms with Gasteiger partial charge in [0.25, 0.3) is 5.91 Å². The maximum atomic E-state index is 11.9. The van der Waals surface area contributed by atoms with E-state index in [4.69, 9.17) is 5.73 Å². The molecular weight excluding hydrogens is 200 g/mol. The van der Waals surface area contributed by atoms with Crippen molar-refractivity contribution in [2.24, 2.45) is 0 Å². The number of anilines is 1. The summed E-state index contributed by atoms with van der Waals surface area (Å²) in [6, 6.07) is 0. The van der Waals surface area contributed by atoms with Crippen LogP contribution in [0.4, 0.5) is 5.82 Å². The zero-order valence-electron chi connectivity index (χ0n) is 7.77. The predicted molar refractivity (Wildman–Crippen MR) is 54.1 cm³/mol. The molecule has 2 N–H and O–H groups in total. The van der Waals surface area contributed by atoms with E-state index in [0.717, 1.165) is 37.5 Å². The quantitative estimate of drug-likeness (QED) is 0.745. The Morgan fingerprint density at radius 1 is 1.36 bits per heavy atom. The van der Waals surface area contributed by atoms with Crippen LogP contribution in [0.15, 0.2) is 0 Å². The molecule has 2 rings (SSSR count). The molecular formula is C8H12N4OS. The van der Waals surface area contributed by atoms with Gasteiger partial charge in [0.2, 0.25) is 0 Å². The Labute approximate surface area is 86.1 Å². The first kappa shape index (κ1) is 9.39. The summed E-state index contributed by atoms with van der Waals surface area (Å²) >= 11 is 1.07. The van der Waals surface area contributed by atoms with Crippen LogP contribution in [0, 0.1) is 0 Å². The van der Waals surface area contributed by atoms with Gasteiger partial charge in [0, 0.05) is 13.1 Å². The normalized spacial score (nSPS) is 17.0. The van der Waals surface area contributed by atoms with E-state index in [0.29, 0.717) is 4.88 Å². The van der Waals surface area contributed by atoms with Crippen LogP contribution in [0.3, 0.4) is 0 Å². The molecule has 0 aromatic carbocycles. The number of carbonyl (C=O) groups is 1. The molecule has 1 fully saturated rings. The number of nitrogens with zero attached hydrogens (tertiary/aromatic N) is 3. The van der Waals surface area contributed by atoms with Crippen LogP contribution in [0.1, 0.15) is 28.9 Å². The minimum absolute atomic E-state index is 0.0165. The molecule has 1 saturated heterocycles. The Morgan fingerprint density at radius 3 is 2.64 bits per heavy atom. The monoisotopic (exact) mass is 212 g/mol. The Balaban J connectivity index is 2.11. The summed E-state index contributed by atoms with van der Waals surface area (Å²) in [4.78, 5) is 14.2. The van der Waals surface area contributed by atoms with Crippen molar-refractivity contribution in [3.63, 3.8) is 0 Å². The highest BCUT2D eigenvalue weighted by atomic mass is 32.1. The highest BCUT2D eigenvalue weighted by Gasteiger charge is 2.22. The minimum atomic E-state index is -0.0165. The molecule has 5 nitrogen and oxygen atoms in total. The number of nitrogens with two attached hydrogens (primary N) is 1. The molecule has 6 heteroatoms. The van der Waals surface area contributed by atoms with Crippen molar-refractivity contribution >= 4 is 23.3 Å². The van der Waals surface area contributed by atoms with E-state index in [-0.39, 0.29) is 11.7 Å². The average Bonchev–Trinajstić information content (AvgIpc) is 2.65. The molecule has 0 saturated carbocycles. The maximum Gasteiger partial charge on any atom is 0.269 e. The number of nitrogen functional groups attached to an aromatic ring is 1. The van der Waals surface area contributed by atoms with E-state index in [1.54, 1.807) is 0 Å². The lowest BCUT2D eigenvalue weighted by Gasteiger charge is -2.25. The van der Waals surface area contributed by atoms with Gasteiger partial charge in [0.05, 0.1) is 0 Å². The van der Waals surface area contributed by atoms with E-state index >= 15 is 0 Å². The lowest BCUT2D eigenvalue weighted by Crippen LogP contribution is -2.35. The van der Waals surface area contributed by atoms with Crippen molar-refractivity contribution in [2.45, 2.75) is 19.3 Å². The highest BCUT2D eigenvalue weighted by molar-refractivity contribution is 7.08. The zero-order valence-corrected chi connectivity index (χ0v) is 8.59. The third-order valence-electron chi connectivity index (χ3n) is 2.35. The van der Waals surface area contributed by atoms with Gasteiger partial charge in [-0.15, -0.1) is 5.10 Å². The fourth-order valence-electron chi connectivity index (χ4n) is 1.59. The number of amides is 1. The van der Waals surface area contributed by atoms with E-state index in [9.17, 15) is 4.79 Å². The van der Waals surface area contributed by atoms with Gasteiger partial charge in [-0.05, 0) is 30.8 Å². The van der Waals surface area contributed by atoms with E-state index in [1.807, 2.05) is 4.90 Å². The number of piperidine rings is 1. The van der Waals surface area contributed by atoms with Gasteiger partial charge in [-0.3, -0.25) is 4.79 Å². The summed E-state index contributed by atoms with van der Waals surface area (Å²) in [5.74, 6) is 0.239. The van der Waals surface area contributed by atoms with Gasteiger partial charge in [-0.2, -0.15) is 0 Å². The highest BCUT2D eigenvalue weighted by Crippen LogP contribution is 2.18. The van der Waals surface area contributed by atoms with Crippen molar-refractivity contribution in [2.75, 3.05) is 18.8 Å². The molecule has 1 amide bonds. The first-order valence-corrected chi connectivity index (χ1v) is 5.43. The van der Waals surface area contributed by atoms with Crippen LogP contribution in [-0.2, 0) is 0 Å². The first-order valence-electron chi connectivity index (χ1n) is 4.66. The number of likely N-dealkylation sites (tertiary alicyclic amines) is 1. The van der Waals surface area contributed by atoms with Crippen LogP contribution in [0.5, 0.6) is 0 Å². The number of rotatable bonds is 1. The second-order valence-corrected chi connectivity index (χ2v) is 4.09. The van der Waals surface area contributed by atoms with Gasteiger partial charge in [-0.25, -0.2) is 0 Å². The average molecular weight is 212 g/mol. The Morgan fingerprint density at radius 2 is 2.07 bits per heavy atom. The lowest BCUT2D eigenvalue weighted by atomic mass is 10.1. The summed E-state index contributed by atoms with van der Waals surface area (Å²) in [6.45, 7) is 1.66. The van der Waals surface area contributed by atoms with E-state index in [1.165, 1.54) is 6.42 Å². The molecule has 0 spiro atoms. The van der Waals surface area contributed by atoms with E-state index < -0.39 is 0 Å². The Hall–Kier alpha value is -1.17. The molecule has 0 radical (unpaired) electrons. The van der Waals surface area contributed by atoms with Crippen LogP contribution >= 0.6 is 11.5 Å². The van der Waals surface area contributed by atoms with Crippen molar-refractivity contribution in [1.29, 1.82) is 0 Å². The van der Waals surface area contributed by atoms with Gasteiger partial charge in [-0.1, -0.05) is 4.49 Å². The fourth-order valence-corrected chi connectivity index (χ4v) is 2.14. The molecule has 0 aliphatic carbocycles. The molecule has 1 aliphatic heterocycles. The summed E-state index contributed by atoms with van der Waals surface area (Å²) in [5, 5.41) is 3.63. The van der Waals surface area contributed by atoms with Crippen LogP contribution in [0.25, 0.3) is 0 Å². The molecule has 76 valence electrons.